The molecule has 0 aromatic heterocycles. The SMILES string of the molecule is CC(=O)N1CCN(CCC2CCCN(C(=O)c3ccc(NC(=O)c4ccccc4C)cc3Cl)c3ccc(Cl)cc32)CC1. The van der Waals surface area contributed by atoms with E-state index in [2.05, 4.69) is 10.2 Å². The van der Waals surface area contributed by atoms with Crippen molar-refractivity contribution in [2.75, 3.05) is 49.5 Å². The number of piperazine rings is 1. The number of carbonyl (C=O) groups is 3. The van der Waals surface area contributed by atoms with Gasteiger partial charge in [0.15, 0.2) is 0 Å². The third kappa shape index (κ3) is 6.80. The fraction of sp³-hybridized carbons (Fsp3) is 0.364. The number of anilines is 2. The highest BCUT2D eigenvalue weighted by molar-refractivity contribution is 6.35. The van der Waals surface area contributed by atoms with Gasteiger partial charge in [-0.15, -0.1) is 0 Å². The molecule has 2 aliphatic heterocycles. The zero-order chi connectivity index (χ0) is 29.8. The van der Waals surface area contributed by atoms with Gasteiger partial charge in [0.05, 0.1) is 10.6 Å². The van der Waals surface area contributed by atoms with Crippen LogP contribution in [0, 0.1) is 6.92 Å². The molecule has 1 saturated heterocycles. The van der Waals surface area contributed by atoms with Crippen molar-refractivity contribution < 1.29 is 14.4 Å². The molecule has 3 aromatic rings. The van der Waals surface area contributed by atoms with Crippen LogP contribution in [-0.4, -0.2) is 66.8 Å². The molecule has 220 valence electrons. The van der Waals surface area contributed by atoms with E-state index in [0.717, 1.165) is 68.8 Å². The molecule has 2 aliphatic rings. The lowest BCUT2D eigenvalue weighted by Gasteiger charge is -2.35. The van der Waals surface area contributed by atoms with Crippen molar-refractivity contribution in [3.8, 4) is 0 Å². The first-order valence-electron chi connectivity index (χ1n) is 14.5. The molecule has 1 fully saturated rings. The van der Waals surface area contributed by atoms with Crippen LogP contribution in [0.15, 0.2) is 60.7 Å². The predicted octanol–water partition coefficient (Wildman–Crippen LogP) is 6.63. The van der Waals surface area contributed by atoms with E-state index < -0.39 is 0 Å². The van der Waals surface area contributed by atoms with Crippen LogP contribution in [-0.2, 0) is 4.79 Å². The Balaban J connectivity index is 1.31. The Hall–Kier alpha value is -3.39. The molecule has 2 heterocycles. The molecule has 9 heteroatoms. The fourth-order valence-corrected chi connectivity index (χ4v) is 6.39. The molecule has 1 atom stereocenters. The summed E-state index contributed by atoms with van der Waals surface area (Å²) in [5.41, 5.74) is 4.31. The van der Waals surface area contributed by atoms with Gasteiger partial charge in [0, 0.05) is 61.6 Å². The number of hydrogen-bond donors (Lipinski definition) is 1. The number of benzene rings is 3. The van der Waals surface area contributed by atoms with E-state index in [1.54, 1.807) is 31.2 Å². The number of hydrogen-bond acceptors (Lipinski definition) is 4. The van der Waals surface area contributed by atoms with Crippen LogP contribution in [0.3, 0.4) is 0 Å². The number of halogens is 2. The van der Waals surface area contributed by atoms with Crippen molar-refractivity contribution in [2.45, 2.75) is 39.0 Å². The molecule has 0 radical (unpaired) electrons. The van der Waals surface area contributed by atoms with E-state index in [4.69, 9.17) is 23.2 Å². The quantitative estimate of drug-likeness (QED) is 0.342. The standard InChI is InChI=1S/C33H36Cl2N4O3/c1-22-6-3-4-8-27(22)32(41)36-26-10-11-28(30(35)21-26)33(42)39-14-5-7-24(29-20-25(34)9-12-31(29)39)13-15-37-16-18-38(19-17-37)23(2)40/h3-4,6,8-12,20-21,24H,5,7,13-19H2,1-2H3,(H,36,41). The first-order chi connectivity index (χ1) is 20.2. The van der Waals surface area contributed by atoms with Crippen molar-refractivity contribution in [3.63, 3.8) is 0 Å². The number of rotatable bonds is 6. The average Bonchev–Trinajstić information content (AvgIpc) is 3.15. The number of fused-ring (bicyclic) bond motifs is 1. The van der Waals surface area contributed by atoms with Crippen LogP contribution >= 0.6 is 23.2 Å². The normalized spacial score (nSPS) is 17.4. The van der Waals surface area contributed by atoms with Gasteiger partial charge in [-0.25, -0.2) is 0 Å². The highest BCUT2D eigenvalue weighted by atomic mass is 35.5. The number of nitrogens with one attached hydrogen (secondary N) is 1. The minimum atomic E-state index is -0.228. The van der Waals surface area contributed by atoms with Crippen LogP contribution in [0.25, 0.3) is 0 Å². The van der Waals surface area contributed by atoms with Gasteiger partial charge in [0.25, 0.3) is 11.8 Å². The van der Waals surface area contributed by atoms with Crippen molar-refractivity contribution in [3.05, 3.63) is 93.0 Å². The maximum Gasteiger partial charge on any atom is 0.259 e. The number of aryl methyl sites for hydroxylation is 1. The van der Waals surface area contributed by atoms with E-state index in [1.165, 1.54) is 0 Å². The number of nitrogens with zero attached hydrogens (tertiary/aromatic N) is 3. The summed E-state index contributed by atoms with van der Waals surface area (Å²) in [5, 5.41) is 3.82. The molecule has 1 unspecified atom stereocenters. The van der Waals surface area contributed by atoms with E-state index in [-0.39, 0.29) is 28.7 Å². The van der Waals surface area contributed by atoms with Crippen molar-refractivity contribution in [2.24, 2.45) is 0 Å². The lowest BCUT2D eigenvalue weighted by Crippen LogP contribution is -2.48. The maximum atomic E-state index is 13.9. The molecule has 0 aliphatic carbocycles. The Labute approximate surface area is 257 Å². The van der Waals surface area contributed by atoms with Gasteiger partial charge in [-0.3, -0.25) is 19.3 Å². The third-order valence-electron chi connectivity index (χ3n) is 8.36. The fourth-order valence-electron chi connectivity index (χ4n) is 5.94. The van der Waals surface area contributed by atoms with Gasteiger partial charge in [-0.2, -0.15) is 0 Å². The summed E-state index contributed by atoms with van der Waals surface area (Å²) in [4.78, 5) is 44.5. The molecule has 0 saturated carbocycles. The van der Waals surface area contributed by atoms with Crippen molar-refractivity contribution in [1.82, 2.24) is 9.80 Å². The van der Waals surface area contributed by atoms with Gasteiger partial charge in [-0.1, -0.05) is 41.4 Å². The molecule has 1 N–H and O–H groups in total. The van der Waals surface area contributed by atoms with Crippen LogP contribution in [0.5, 0.6) is 0 Å². The van der Waals surface area contributed by atoms with E-state index in [1.807, 2.05) is 53.1 Å². The summed E-state index contributed by atoms with van der Waals surface area (Å²) in [6.07, 6.45) is 2.75. The predicted molar refractivity (Wildman–Crippen MR) is 169 cm³/mol. The largest absolute Gasteiger partial charge is 0.340 e. The van der Waals surface area contributed by atoms with Crippen molar-refractivity contribution in [1.29, 1.82) is 0 Å². The molecule has 42 heavy (non-hydrogen) atoms. The summed E-state index contributed by atoms with van der Waals surface area (Å²) < 4.78 is 0. The van der Waals surface area contributed by atoms with Crippen LogP contribution < -0.4 is 10.2 Å². The average molecular weight is 608 g/mol. The Bertz CT molecular complexity index is 1490. The lowest BCUT2D eigenvalue weighted by molar-refractivity contribution is -0.130. The van der Waals surface area contributed by atoms with E-state index >= 15 is 0 Å². The highest BCUT2D eigenvalue weighted by Gasteiger charge is 2.29. The van der Waals surface area contributed by atoms with Crippen LogP contribution in [0.2, 0.25) is 10.0 Å². The van der Waals surface area contributed by atoms with Gasteiger partial charge < -0.3 is 15.1 Å². The Morgan fingerprint density at radius 3 is 2.38 bits per heavy atom. The summed E-state index contributed by atoms with van der Waals surface area (Å²) in [6, 6.07) is 18.1. The second-order valence-corrected chi connectivity index (χ2v) is 11.9. The zero-order valence-electron chi connectivity index (χ0n) is 24.0. The van der Waals surface area contributed by atoms with Gasteiger partial charge in [-0.05, 0) is 92.2 Å². The van der Waals surface area contributed by atoms with Crippen LogP contribution in [0.4, 0.5) is 11.4 Å². The first kappa shape index (κ1) is 30.1. The summed E-state index contributed by atoms with van der Waals surface area (Å²) in [7, 11) is 0. The van der Waals surface area contributed by atoms with Gasteiger partial charge in [0.2, 0.25) is 5.91 Å². The molecule has 0 bridgehead atoms. The number of amides is 3. The Morgan fingerprint density at radius 2 is 1.67 bits per heavy atom. The molecule has 0 spiro atoms. The van der Waals surface area contributed by atoms with E-state index in [0.29, 0.717) is 28.4 Å². The number of carbonyl (C=O) groups excluding carboxylic acids is 3. The topological polar surface area (TPSA) is 73.0 Å². The van der Waals surface area contributed by atoms with Gasteiger partial charge >= 0.3 is 0 Å². The van der Waals surface area contributed by atoms with Gasteiger partial charge in [0.1, 0.15) is 0 Å². The molecular weight excluding hydrogens is 571 g/mol. The lowest BCUT2D eigenvalue weighted by atomic mass is 9.90. The van der Waals surface area contributed by atoms with Crippen molar-refractivity contribution >= 4 is 52.3 Å². The highest BCUT2D eigenvalue weighted by Crippen LogP contribution is 2.39. The molecule has 7 nitrogen and oxygen atoms in total. The summed E-state index contributed by atoms with van der Waals surface area (Å²) in [6.45, 7) is 8.29. The first-order valence-corrected chi connectivity index (χ1v) is 15.2. The zero-order valence-corrected chi connectivity index (χ0v) is 25.5. The molecule has 3 amide bonds. The van der Waals surface area contributed by atoms with E-state index in [9.17, 15) is 14.4 Å². The summed E-state index contributed by atoms with van der Waals surface area (Å²) in [5.74, 6) is -0.0138. The molecule has 5 rings (SSSR count). The molecule has 3 aromatic carbocycles. The Morgan fingerprint density at radius 1 is 0.905 bits per heavy atom. The molecular formula is C33H36Cl2N4O3. The minimum absolute atomic E-state index is 0.133. The smallest absolute Gasteiger partial charge is 0.259 e. The Kier molecular flexibility index (Phi) is 9.51. The maximum absolute atomic E-state index is 13.9. The third-order valence-corrected chi connectivity index (χ3v) is 8.91. The second-order valence-electron chi connectivity index (χ2n) is 11.1. The minimum Gasteiger partial charge on any atom is -0.340 e. The van der Waals surface area contributed by atoms with Crippen LogP contribution in [0.1, 0.15) is 63.9 Å². The monoisotopic (exact) mass is 606 g/mol. The summed E-state index contributed by atoms with van der Waals surface area (Å²) >= 11 is 13.1. The second kappa shape index (κ2) is 13.3.